The van der Waals surface area contributed by atoms with Gasteiger partial charge in [-0.25, -0.2) is 15.0 Å². The van der Waals surface area contributed by atoms with Crippen LogP contribution in [-0.2, 0) is 0 Å². The second-order valence-corrected chi connectivity index (χ2v) is 13.7. The van der Waals surface area contributed by atoms with E-state index in [1.54, 1.807) is 0 Å². The molecular formula is C51H33N3O. The SMILES string of the molecule is c1ccc(-c2cccc(-c3cccc(-c4nc(-c5ccc(-c6ccc7c(c6)oc6ccccc67)cc5)nc(-c5cccc(-c6ccccc6)c5)n4)c3)c2)cc1. The van der Waals surface area contributed by atoms with Crippen molar-refractivity contribution in [1.82, 2.24) is 15.0 Å². The van der Waals surface area contributed by atoms with Gasteiger partial charge < -0.3 is 4.42 Å². The molecule has 2 aromatic heterocycles. The Bertz CT molecular complexity index is 2970. The van der Waals surface area contributed by atoms with E-state index in [2.05, 4.69) is 170 Å². The second kappa shape index (κ2) is 13.8. The molecule has 8 aromatic carbocycles. The van der Waals surface area contributed by atoms with Crippen molar-refractivity contribution in [2.75, 3.05) is 0 Å². The first kappa shape index (κ1) is 32.2. The Balaban J connectivity index is 1.05. The summed E-state index contributed by atoms with van der Waals surface area (Å²) in [4.78, 5) is 15.3. The van der Waals surface area contributed by atoms with Crippen LogP contribution in [0.4, 0.5) is 0 Å². The molecule has 0 atom stereocenters. The molecule has 0 saturated heterocycles. The summed E-state index contributed by atoms with van der Waals surface area (Å²) in [5.74, 6) is 1.85. The van der Waals surface area contributed by atoms with Crippen LogP contribution >= 0.6 is 0 Å². The van der Waals surface area contributed by atoms with E-state index in [9.17, 15) is 0 Å². The van der Waals surface area contributed by atoms with E-state index in [1.807, 2.05) is 30.3 Å². The van der Waals surface area contributed by atoms with Crippen molar-refractivity contribution < 1.29 is 4.42 Å². The van der Waals surface area contributed by atoms with E-state index in [1.165, 1.54) is 11.1 Å². The second-order valence-electron chi connectivity index (χ2n) is 13.7. The van der Waals surface area contributed by atoms with Crippen molar-refractivity contribution in [3.8, 4) is 78.7 Å². The minimum atomic E-state index is 0.612. The fourth-order valence-electron chi connectivity index (χ4n) is 7.30. The molecule has 0 amide bonds. The third-order valence-corrected chi connectivity index (χ3v) is 10.1. The number of benzene rings is 8. The average molecular weight is 704 g/mol. The molecule has 258 valence electrons. The van der Waals surface area contributed by atoms with Crippen LogP contribution in [0.2, 0.25) is 0 Å². The van der Waals surface area contributed by atoms with Gasteiger partial charge in [0.15, 0.2) is 17.5 Å². The van der Waals surface area contributed by atoms with E-state index in [-0.39, 0.29) is 0 Å². The molecule has 4 heteroatoms. The van der Waals surface area contributed by atoms with Crippen LogP contribution in [0.5, 0.6) is 0 Å². The smallest absolute Gasteiger partial charge is 0.164 e. The Kier molecular flexibility index (Phi) is 8.12. The summed E-state index contributed by atoms with van der Waals surface area (Å²) in [7, 11) is 0. The highest BCUT2D eigenvalue weighted by molar-refractivity contribution is 6.05. The third kappa shape index (κ3) is 6.36. The highest BCUT2D eigenvalue weighted by Crippen LogP contribution is 2.34. The normalized spacial score (nSPS) is 11.3. The van der Waals surface area contributed by atoms with Gasteiger partial charge in [-0.3, -0.25) is 0 Å². The molecule has 0 aliphatic rings. The highest BCUT2D eigenvalue weighted by atomic mass is 16.3. The highest BCUT2D eigenvalue weighted by Gasteiger charge is 2.15. The zero-order valence-corrected chi connectivity index (χ0v) is 29.8. The summed E-state index contributed by atoms with van der Waals surface area (Å²) in [5.41, 5.74) is 13.5. The molecule has 0 fully saturated rings. The van der Waals surface area contributed by atoms with Gasteiger partial charge in [0.05, 0.1) is 0 Å². The van der Waals surface area contributed by atoms with Crippen LogP contribution in [-0.4, -0.2) is 15.0 Å². The summed E-state index contributed by atoms with van der Waals surface area (Å²) in [6.07, 6.45) is 0. The Hall–Kier alpha value is -7.43. The summed E-state index contributed by atoms with van der Waals surface area (Å²) >= 11 is 0. The van der Waals surface area contributed by atoms with Crippen molar-refractivity contribution in [3.63, 3.8) is 0 Å². The molecule has 2 heterocycles. The monoisotopic (exact) mass is 703 g/mol. The third-order valence-electron chi connectivity index (χ3n) is 10.1. The van der Waals surface area contributed by atoms with Crippen LogP contribution in [0.15, 0.2) is 205 Å². The Morgan fingerprint density at radius 3 is 1.18 bits per heavy atom. The zero-order valence-electron chi connectivity index (χ0n) is 29.8. The minimum Gasteiger partial charge on any atom is -0.456 e. The summed E-state index contributed by atoms with van der Waals surface area (Å²) in [6.45, 7) is 0. The predicted molar refractivity (Wildman–Crippen MR) is 225 cm³/mol. The van der Waals surface area contributed by atoms with Crippen molar-refractivity contribution in [2.45, 2.75) is 0 Å². The number of fused-ring (bicyclic) bond motifs is 3. The lowest BCUT2D eigenvalue weighted by molar-refractivity contribution is 0.669. The van der Waals surface area contributed by atoms with Crippen molar-refractivity contribution in [3.05, 3.63) is 200 Å². The average Bonchev–Trinajstić information content (AvgIpc) is 3.65. The molecule has 0 unspecified atom stereocenters. The van der Waals surface area contributed by atoms with E-state index in [4.69, 9.17) is 19.4 Å². The number of nitrogens with zero attached hydrogens (tertiary/aromatic N) is 3. The van der Waals surface area contributed by atoms with Crippen LogP contribution in [0.25, 0.3) is 101 Å². The fraction of sp³-hybridized carbons (Fsp3) is 0. The molecule has 10 rings (SSSR count). The minimum absolute atomic E-state index is 0.612. The van der Waals surface area contributed by atoms with E-state index in [0.29, 0.717) is 17.5 Å². The van der Waals surface area contributed by atoms with Crippen molar-refractivity contribution >= 4 is 21.9 Å². The Morgan fingerprint density at radius 2 is 0.600 bits per heavy atom. The molecule has 0 aliphatic heterocycles. The Morgan fingerprint density at radius 1 is 0.236 bits per heavy atom. The molecule has 0 spiro atoms. The van der Waals surface area contributed by atoms with Gasteiger partial charge in [0.25, 0.3) is 0 Å². The van der Waals surface area contributed by atoms with Crippen molar-refractivity contribution in [2.24, 2.45) is 0 Å². The maximum atomic E-state index is 6.19. The van der Waals surface area contributed by atoms with E-state index < -0.39 is 0 Å². The number of furan rings is 1. The molecular weight excluding hydrogens is 671 g/mol. The molecule has 10 aromatic rings. The van der Waals surface area contributed by atoms with E-state index in [0.717, 1.165) is 72.0 Å². The van der Waals surface area contributed by atoms with Crippen LogP contribution in [0.3, 0.4) is 0 Å². The summed E-state index contributed by atoms with van der Waals surface area (Å²) < 4.78 is 6.19. The number of rotatable bonds is 7. The molecule has 4 nitrogen and oxygen atoms in total. The molecule has 0 saturated carbocycles. The molecule has 0 radical (unpaired) electrons. The lowest BCUT2D eigenvalue weighted by Crippen LogP contribution is -2.00. The summed E-state index contributed by atoms with van der Waals surface area (Å²) in [5, 5.41) is 2.24. The topological polar surface area (TPSA) is 51.8 Å². The fourth-order valence-corrected chi connectivity index (χ4v) is 7.30. The van der Waals surface area contributed by atoms with Gasteiger partial charge in [0.1, 0.15) is 11.2 Å². The maximum absolute atomic E-state index is 6.19. The first-order valence-corrected chi connectivity index (χ1v) is 18.4. The van der Waals surface area contributed by atoms with Gasteiger partial charge in [0, 0.05) is 27.5 Å². The predicted octanol–water partition coefficient (Wildman–Crippen LogP) is 13.4. The van der Waals surface area contributed by atoms with Gasteiger partial charge in [0.2, 0.25) is 0 Å². The van der Waals surface area contributed by atoms with Gasteiger partial charge in [-0.2, -0.15) is 0 Å². The van der Waals surface area contributed by atoms with Crippen LogP contribution in [0.1, 0.15) is 0 Å². The number of aromatic nitrogens is 3. The number of para-hydroxylation sites is 1. The van der Waals surface area contributed by atoms with Crippen LogP contribution < -0.4 is 0 Å². The number of hydrogen-bond donors (Lipinski definition) is 0. The molecule has 55 heavy (non-hydrogen) atoms. The van der Waals surface area contributed by atoms with Gasteiger partial charge in [-0.1, -0.05) is 164 Å². The van der Waals surface area contributed by atoms with Crippen molar-refractivity contribution in [1.29, 1.82) is 0 Å². The maximum Gasteiger partial charge on any atom is 0.164 e. The quantitative estimate of drug-likeness (QED) is 0.166. The van der Waals surface area contributed by atoms with Gasteiger partial charge in [-0.15, -0.1) is 0 Å². The first-order chi connectivity index (χ1) is 27.2. The lowest BCUT2D eigenvalue weighted by Gasteiger charge is -2.11. The molecule has 0 aliphatic carbocycles. The zero-order chi connectivity index (χ0) is 36.6. The van der Waals surface area contributed by atoms with Crippen LogP contribution in [0, 0.1) is 0 Å². The largest absolute Gasteiger partial charge is 0.456 e. The van der Waals surface area contributed by atoms with Gasteiger partial charge in [-0.05, 0) is 80.9 Å². The number of hydrogen-bond acceptors (Lipinski definition) is 4. The first-order valence-electron chi connectivity index (χ1n) is 18.4. The van der Waals surface area contributed by atoms with E-state index >= 15 is 0 Å². The molecule has 0 N–H and O–H groups in total. The molecule has 0 bridgehead atoms. The standard InChI is InChI=1S/C51H33N3O/c1-3-12-34(13-4-1)38-16-9-18-40(30-38)41-19-11-21-44(32-41)51-53-49(52-50(54-51)43-20-10-17-39(31-43)35-14-5-2-6-15-35)37-26-24-36(25-27-37)42-28-29-46-45-22-7-8-23-47(45)55-48(46)33-42/h1-33H. The van der Waals surface area contributed by atoms with Gasteiger partial charge >= 0.3 is 0 Å². The Labute approximate surface area is 319 Å². The lowest BCUT2D eigenvalue weighted by atomic mass is 9.98. The summed E-state index contributed by atoms with van der Waals surface area (Å²) in [6, 6.07) is 69.4.